The van der Waals surface area contributed by atoms with Crippen LogP contribution in [-0.4, -0.2) is 50.4 Å². The molecule has 196 valence electrons. The molecule has 0 saturated carbocycles. The molecule has 7 nitrogen and oxygen atoms in total. The average molecular weight is 507 g/mol. The number of Topliss-reactive ketones (excluding diaryl/α,β-unsaturated/α-hetero) is 1. The molecule has 6 unspecified atom stereocenters. The minimum Gasteiger partial charge on any atom is -0.392 e. The summed E-state index contributed by atoms with van der Waals surface area (Å²) in [6.45, 7) is 13.2. The van der Waals surface area contributed by atoms with Crippen molar-refractivity contribution in [3.05, 3.63) is 21.7 Å². The number of thiazole rings is 1. The topological polar surface area (TPSA) is 112 Å². The number of amides is 1. The van der Waals surface area contributed by atoms with Crippen molar-refractivity contribution in [3.8, 4) is 0 Å². The molecule has 0 aromatic carbocycles. The van der Waals surface area contributed by atoms with E-state index in [4.69, 9.17) is 4.74 Å². The predicted octanol–water partition coefficient (Wildman–Crippen LogP) is 4.40. The Morgan fingerprint density at radius 3 is 2.57 bits per heavy atom. The molecule has 0 radical (unpaired) electrons. The zero-order valence-corrected chi connectivity index (χ0v) is 23.0. The maximum absolute atomic E-state index is 13.2. The minimum atomic E-state index is -1.33. The molecule has 1 amide bonds. The Morgan fingerprint density at radius 2 is 1.94 bits per heavy atom. The lowest BCUT2D eigenvalue weighted by atomic mass is 9.74. The second-order valence-electron chi connectivity index (χ2n) is 11.5. The number of aliphatic hydroxyl groups excluding tert-OH is 1. The second-order valence-corrected chi connectivity index (χ2v) is 12.6. The number of epoxide rings is 1. The Hall–Kier alpha value is -1.61. The summed E-state index contributed by atoms with van der Waals surface area (Å²) in [4.78, 5) is 30.7. The Kier molecular flexibility index (Phi) is 8.31. The van der Waals surface area contributed by atoms with E-state index >= 15 is 0 Å². The number of carbonyl (C=O) groups is 2. The van der Waals surface area contributed by atoms with Crippen molar-refractivity contribution in [3.63, 3.8) is 0 Å². The van der Waals surface area contributed by atoms with Crippen molar-refractivity contribution in [2.24, 2.45) is 17.3 Å². The first kappa shape index (κ1) is 28.0. The first-order chi connectivity index (χ1) is 16.2. The standard InChI is InChI=1S/C27H42N2O5S/c1-16-9-8-11-26(7)27(33,34-26)14-21(17(2)13-20-15-35-19(4)28-20)29-22(30)10-12-25(5,6)24(32)18(3)23(16)31/h13,15-16,18,21,23,31,33H,8-12,14H2,1-7H3,(H,29,30)/b17-13+. The number of ketones is 1. The fourth-order valence-corrected chi connectivity index (χ4v) is 5.82. The fourth-order valence-electron chi connectivity index (χ4n) is 5.25. The summed E-state index contributed by atoms with van der Waals surface area (Å²) < 4.78 is 5.87. The van der Waals surface area contributed by atoms with E-state index in [1.54, 1.807) is 18.3 Å². The van der Waals surface area contributed by atoms with E-state index in [2.05, 4.69) is 10.3 Å². The van der Waals surface area contributed by atoms with Gasteiger partial charge in [-0.25, -0.2) is 4.98 Å². The van der Waals surface area contributed by atoms with Crippen LogP contribution in [0.25, 0.3) is 6.08 Å². The Morgan fingerprint density at radius 1 is 1.26 bits per heavy atom. The molecule has 0 bridgehead atoms. The first-order valence-corrected chi connectivity index (χ1v) is 13.6. The number of aryl methyl sites for hydroxylation is 1. The quantitative estimate of drug-likeness (QED) is 0.513. The first-order valence-electron chi connectivity index (χ1n) is 12.7. The zero-order chi connectivity index (χ0) is 26.2. The van der Waals surface area contributed by atoms with Crippen LogP contribution >= 0.6 is 11.3 Å². The molecule has 3 rings (SSSR count). The number of aliphatic hydroxyl groups is 2. The van der Waals surface area contributed by atoms with Gasteiger partial charge >= 0.3 is 0 Å². The van der Waals surface area contributed by atoms with E-state index in [9.17, 15) is 19.8 Å². The number of hydrogen-bond donors (Lipinski definition) is 3. The molecule has 2 aliphatic heterocycles. The van der Waals surface area contributed by atoms with Crippen molar-refractivity contribution in [1.82, 2.24) is 10.3 Å². The maximum Gasteiger partial charge on any atom is 0.220 e. The SMILES string of the molecule is C/C(=C\c1csc(C)n1)C1CC2(O)OC2(C)CCCC(C)C(O)C(C)C(=O)C(C)(C)CCC(=O)N1. The molecule has 2 aliphatic rings. The van der Waals surface area contributed by atoms with Crippen molar-refractivity contribution in [2.45, 2.75) is 111 Å². The van der Waals surface area contributed by atoms with E-state index in [1.165, 1.54) is 0 Å². The van der Waals surface area contributed by atoms with Gasteiger partial charge in [0, 0.05) is 29.6 Å². The monoisotopic (exact) mass is 506 g/mol. The van der Waals surface area contributed by atoms with E-state index in [0.717, 1.165) is 29.1 Å². The summed E-state index contributed by atoms with van der Waals surface area (Å²) in [5.41, 5.74) is 0.269. The number of nitrogens with zero attached hydrogens (tertiary/aromatic N) is 1. The average Bonchev–Trinajstić information content (AvgIpc) is 3.07. The van der Waals surface area contributed by atoms with Gasteiger partial charge in [-0.2, -0.15) is 0 Å². The van der Waals surface area contributed by atoms with Crippen LogP contribution in [0.4, 0.5) is 0 Å². The summed E-state index contributed by atoms with van der Waals surface area (Å²) in [5.74, 6) is -2.11. The van der Waals surface area contributed by atoms with Gasteiger partial charge in [0.05, 0.1) is 22.8 Å². The van der Waals surface area contributed by atoms with E-state index in [-0.39, 0.29) is 30.4 Å². The largest absolute Gasteiger partial charge is 0.392 e. The molecule has 3 heterocycles. The second kappa shape index (κ2) is 10.4. The normalized spacial score (nSPS) is 37.5. The van der Waals surface area contributed by atoms with Crippen LogP contribution < -0.4 is 5.32 Å². The third-order valence-corrected chi connectivity index (χ3v) is 8.81. The van der Waals surface area contributed by atoms with Gasteiger partial charge in [0.2, 0.25) is 5.91 Å². The van der Waals surface area contributed by atoms with Crippen LogP contribution in [0.5, 0.6) is 0 Å². The highest BCUT2D eigenvalue weighted by Crippen LogP contribution is 2.52. The third-order valence-electron chi connectivity index (χ3n) is 8.02. The Balaban J connectivity index is 1.86. The molecule has 8 heteroatoms. The number of ether oxygens (including phenoxy) is 1. The lowest BCUT2D eigenvalue weighted by Gasteiger charge is -2.32. The van der Waals surface area contributed by atoms with Gasteiger partial charge < -0.3 is 20.3 Å². The molecule has 3 N–H and O–H groups in total. The van der Waals surface area contributed by atoms with Gasteiger partial charge in [0.1, 0.15) is 11.4 Å². The number of hydrogen-bond acceptors (Lipinski definition) is 7. The third kappa shape index (κ3) is 6.40. The van der Waals surface area contributed by atoms with Gasteiger partial charge in [0.25, 0.3) is 0 Å². The lowest BCUT2D eigenvalue weighted by molar-refractivity contribution is -0.136. The molecule has 1 aromatic heterocycles. The van der Waals surface area contributed by atoms with Crippen molar-refractivity contribution < 1.29 is 24.5 Å². The van der Waals surface area contributed by atoms with Crippen molar-refractivity contribution in [1.29, 1.82) is 0 Å². The molecule has 6 atom stereocenters. The van der Waals surface area contributed by atoms with Gasteiger partial charge in [0.15, 0.2) is 5.79 Å². The van der Waals surface area contributed by atoms with Crippen LogP contribution in [-0.2, 0) is 14.3 Å². The molecule has 2 saturated heterocycles. The van der Waals surface area contributed by atoms with Crippen molar-refractivity contribution in [2.75, 3.05) is 0 Å². The van der Waals surface area contributed by atoms with Gasteiger partial charge in [-0.15, -0.1) is 11.3 Å². The molecule has 1 aromatic rings. The molecule has 2 fully saturated rings. The smallest absolute Gasteiger partial charge is 0.220 e. The van der Waals surface area contributed by atoms with Crippen LogP contribution in [0.1, 0.15) is 90.8 Å². The number of carbonyl (C=O) groups excluding carboxylic acids is 2. The molecule has 0 spiro atoms. The maximum atomic E-state index is 13.2. The number of fused-ring (bicyclic) bond motifs is 1. The van der Waals surface area contributed by atoms with Crippen LogP contribution in [0, 0.1) is 24.2 Å². The molecule has 0 aliphatic carbocycles. The summed E-state index contributed by atoms with van der Waals surface area (Å²) in [6, 6.07) is -0.428. The van der Waals surface area contributed by atoms with Crippen LogP contribution in [0.15, 0.2) is 11.0 Å². The zero-order valence-electron chi connectivity index (χ0n) is 22.2. The van der Waals surface area contributed by atoms with E-state index in [1.807, 2.05) is 53.0 Å². The summed E-state index contributed by atoms with van der Waals surface area (Å²) in [6.07, 6.45) is 4.09. The van der Waals surface area contributed by atoms with Crippen LogP contribution in [0.3, 0.4) is 0 Å². The molecule has 35 heavy (non-hydrogen) atoms. The highest BCUT2D eigenvalue weighted by atomic mass is 32.1. The lowest BCUT2D eigenvalue weighted by Crippen LogP contribution is -2.42. The minimum absolute atomic E-state index is 0.0184. The number of rotatable bonds is 2. The number of nitrogens with one attached hydrogen (secondary N) is 1. The predicted molar refractivity (Wildman–Crippen MR) is 138 cm³/mol. The van der Waals surface area contributed by atoms with Crippen molar-refractivity contribution >= 4 is 29.1 Å². The highest BCUT2D eigenvalue weighted by molar-refractivity contribution is 7.09. The number of aromatic nitrogens is 1. The Bertz CT molecular complexity index is 973. The van der Waals surface area contributed by atoms with Gasteiger partial charge in [-0.3, -0.25) is 9.59 Å². The summed E-state index contributed by atoms with van der Waals surface area (Å²) in [7, 11) is 0. The van der Waals surface area contributed by atoms with Gasteiger partial charge in [-0.1, -0.05) is 34.1 Å². The molecular formula is C27H42N2O5S. The van der Waals surface area contributed by atoms with Crippen LogP contribution in [0.2, 0.25) is 0 Å². The Labute approximate surface area is 213 Å². The molecular weight excluding hydrogens is 464 g/mol. The van der Waals surface area contributed by atoms with Gasteiger partial charge in [-0.05, 0) is 57.6 Å². The fraction of sp³-hybridized carbons (Fsp3) is 0.741. The summed E-state index contributed by atoms with van der Waals surface area (Å²) in [5, 5.41) is 28.1. The summed E-state index contributed by atoms with van der Waals surface area (Å²) >= 11 is 1.56. The highest BCUT2D eigenvalue weighted by Gasteiger charge is 2.66. The van der Waals surface area contributed by atoms with E-state index < -0.39 is 34.9 Å². The van der Waals surface area contributed by atoms with E-state index in [0.29, 0.717) is 12.8 Å².